The van der Waals surface area contributed by atoms with E-state index in [9.17, 15) is 14.3 Å². The molecule has 0 bridgehead atoms. The SMILES string of the molecule is CCC1CC[C@@H](CCOCc2c(C3CCC(C)(C)CC3)noc2C2CC2)N1c1nc2c(F)cc(C(=O)O)cc2s1. The van der Waals surface area contributed by atoms with Gasteiger partial charge in [0.15, 0.2) is 10.9 Å². The number of hydrogen-bond acceptors (Lipinski definition) is 7. The lowest BCUT2D eigenvalue weighted by molar-refractivity contribution is 0.0696. The number of carboxylic acid groups (broad SMARTS) is 1. The first-order valence-corrected chi connectivity index (χ1v) is 15.7. The zero-order chi connectivity index (χ0) is 28.0. The number of rotatable bonds is 10. The van der Waals surface area contributed by atoms with E-state index in [1.807, 2.05) is 0 Å². The average Bonchev–Trinajstić information content (AvgIpc) is 3.34. The summed E-state index contributed by atoms with van der Waals surface area (Å²) < 4.78 is 27.5. The quantitative estimate of drug-likeness (QED) is 0.247. The molecule has 1 saturated heterocycles. The first-order valence-electron chi connectivity index (χ1n) is 14.9. The van der Waals surface area contributed by atoms with Crippen molar-refractivity contribution in [2.45, 2.75) is 116 Å². The third kappa shape index (κ3) is 5.51. The van der Waals surface area contributed by atoms with Gasteiger partial charge < -0.3 is 19.3 Å². The highest BCUT2D eigenvalue weighted by atomic mass is 32.1. The van der Waals surface area contributed by atoms with Gasteiger partial charge in [0.2, 0.25) is 0 Å². The first-order chi connectivity index (χ1) is 19.2. The number of carbonyl (C=O) groups is 1. The lowest BCUT2D eigenvalue weighted by atomic mass is 9.72. The van der Waals surface area contributed by atoms with Gasteiger partial charge in [-0.15, -0.1) is 0 Å². The molecular weight excluding hydrogens is 529 g/mol. The minimum Gasteiger partial charge on any atom is -0.478 e. The van der Waals surface area contributed by atoms with E-state index in [4.69, 9.17) is 9.26 Å². The van der Waals surface area contributed by atoms with Crippen LogP contribution in [0.3, 0.4) is 0 Å². The Morgan fingerprint density at radius 2 is 1.90 bits per heavy atom. The molecule has 3 fully saturated rings. The van der Waals surface area contributed by atoms with Gasteiger partial charge in [-0.1, -0.05) is 37.3 Å². The van der Waals surface area contributed by atoms with Gasteiger partial charge >= 0.3 is 5.97 Å². The number of aromatic nitrogens is 2. The van der Waals surface area contributed by atoms with Crippen molar-refractivity contribution in [3.8, 4) is 0 Å². The van der Waals surface area contributed by atoms with Crippen LogP contribution in [0.15, 0.2) is 16.7 Å². The predicted octanol–water partition coefficient (Wildman–Crippen LogP) is 8.04. The standard InChI is InChI=1S/C31H40FN3O4S/c1-4-21-7-8-22(35(21)30-33-27-24(32)15-20(29(36)37)16-25(27)40-30)11-14-38-17-23-26(34-39-28(23)19-5-6-19)18-9-12-31(2,3)13-10-18/h15-16,18-19,21-22H,4-14,17H2,1-3H3,(H,36,37)/t21?,22-/m0/s1. The Hall–Kier alpha value is -2.52. The fourth-order valence-electron chi connectivity index (χ4n) is 6.70. The zero-order valence-corrected chi connectivity index (χ0v) is 24.6. The Bertz CT molecular complexity index is 1370. The molecule has 3 heterocycles. The van der Waals surface area contributed by atoms with Crippen molar-refractivity contribution >= 4 is 32.7 Å². The molecule has 0 amide bonds. The lowest BCUT2D eigenvalue weighted by Crippen LogP contribution is -2.36. The van der Waals surface area contributed by atoms with Crippen molar-refractivity contribution in [3.63, 3.8) is 0 Å². The Kier molecular flexibility index (Phi) is 7.63. The van der Waals surface area contributed by atoms with E-state index in [-0.39, 0.29) is 17.1 Å². The number of ether oxygens (including phenoxy) is 1. The average molecular weight is 570 g/mol. The van der Waals surface area contributed by atoms with Crippen LogP contribution in [0.4, 0.5) is 9.52 Å². The van der Waals surface area contributed by atoms with Crippen LogP contribution in [0.25, 0.3) is 10.2 Å². The summed E-state index contributed by atoms with van der Waals surface area (Å²) in [4.78, 5) is 18.4. The molecule has 3 aromatic rings. The largest absolute Gasteiger partial charge is 0.478 e. The number of carboxylic acids is 1. The molecule has 2 aromatic heterocycles. The van der Waals surface area contributed by atoms with Gasteiger partial charge in [-0.3, -0.25) is 0 Å². The second kappa shape index (κ2) is 11.0. The molecule has 2 aliphatic carbocycles. The zero-order valence-electron chi connectivity index (χ0n) is 23.7. The van der Waals surface area contributed by atoms with Crippen LogP contribution in [-0.2, 0) is 11.3 Å². The van der Waals surface area contributed by atoms with Gasteiger partial charge in [0.25, 0.3) is 0 Å². The number of nitrogens with zero attached hydrogens (tertiary/aromatic N) is 3. The highest BCUT2D eigenvalue weighted by Crippen LogP contribution is 2.47. The van der Waals surface area contributed by atoms with Crippen LogP contribution in [0.1, 0.15) is 124 Å². The van der Waals surface area contributed by atoms with Crippen LogP contribution >= 0.6 is 11.3 Å². The van der Waals surface area contributed by atoms with Crippen LogP contribution < -0.4 is 4.90 Å². The highest BCUT2D eigenvalue weighted by Gasteiger charge is 2.37. The molecule has 1 aliphatic heterocycles. The van der Waals surface area contributed by atoms with Gasteiger partial charge in [0.1, 0.15) is 11.3 Å². The summed E-state index contributed by atoms with van der Waals surface area (Å²) in [5.41, 5.74) is 2.93. The van der Waals surface area contributed by atoms with E-state index in [1.165, 1.54) is 48.6 Å². The van der Waals surface area contributed by atoms with E-state index in [1.54, 1.807) is 0 Å². The van der Waals surface area contributed by atoms with Gasteiger partial charge in [0.05, 0.1) is 22.6 Å². The third-order valence-corrected chi connectivity index (χ3v) is 10.4. The molecule has 40 heavy (non-hydrogen) atoms. The number of halogens is 1. The summed E-state index contributed by atoms with van der Waals surface area (Å²) in [6.45, 7) is 8.05. The molecule has 0 radical (unpaired) electrons. The van der Waals surface area contributed by atoms with Crippen molar-refractivity contribution in [1.29, 1.82) is 0 Å². The number of thiazole rings is 1. The maximum Gasteiger partial charge on any atom is 0.335 e. The minimum atomic E-state index is -1.13. The second-order valence-electron chi connectivity index (χ2n) is 12.8. The monoisotopic (exact) mass is 569 g/mol. The molecule has 9 heteroatoms. The third-order valence-electron chi connectivity index (χ3n) is 9.36. The van der Waals surface area contributed by atoms with Crippen molar-refractivity contribution in [2.75, 3.05) is 11.5 Å². The van der Waals surface area contributed by atoms with Crippen LogP contribution in [0.2, 0.25) is 0 Å². The van der Waals surface area contributed by atoms with Crippen LogP contribution in [-0.4, -0.2) is 39.9 Å². The maximum atomic E-state index is 14.7. The lowest BCUT2D eigenvalue weighted by Gasteiger charge is -2.33. The topological polar surface area (TPSA) is 88.7 Å². The number of benzene rings is 1. The van der Waals surface area contributed by atoms with Crippen LogP contribution in [0.5, 0.6) is 0 Å². The van der Waals surface area contributed by atoms with Crippen molar-refractivity contribution in [2.24, 2.45) is 5.41 Å². The summed E-state index contributed by atoms with van der Waals surface area (Å²) in [5.74, 6) is 0.287. The van der Waals surface area contributed by atoms with Crippen molar-refractivity contribution in [1.82, 2.24) is 10.1 Å². The molecule has 7 nitrogen and oxygen atoms in total. The fraction of sp³-hybridized carbons (Fsp3) is 0.645. The Balaban J connectivity index is 1.14. The number of fused-ring (bicyclic) bond motifs is 1. The molecule has 1 unspecified atom stereocenters. The van der Waals surface area contributed by atoms with Gasteiger partial charge in [0, 0.05) is 36.1 Å². The molecule has 3 aliphatic rings. The second-order valence-corrected chi connectivity index (χ2v) is 13.8. The van der Waals surface area contributed by atoms with Crippen molar-refractivity contribution < 1.29 is 23.6 Å². The predicted molar refractivity (Wildman–Crippen MR) is 154 cm³/mol. The maximum absolute atomic E-state index is 14.7. The minimum absolute atomic E-state index is 0.0470. The molecule has 1 aromatic carbocycles. The van der Waals surface area contributed by atoms with E-state index in [0.717, 1.165) is 61.2 Å². The molecule has 1 N–H and O–H groups in total. The van der Waals surface area contributed by atoms with Crippen molar-refractivity contribution in [3.05, 3.63) is 40.5 Å². The number of aromatic carboxylic acids is 1. The van der Waals surface area contributed by atoms with Gasteiger partial charge in [-0.25, -0.2) is 14.2 Å². The van der Waals surface area contributed by atoms with Crippen LogP contribution in [0, 0.1) is 11.2 Å². The van der Waals surface area contributed by atoms with E-state index in [0.29, 0.717) is 41.2 Å². The number of hydrogen-bond donors (Lipinski definition) is 1. The smallest absolute Gasteiger partial charge is 0.335 e. The summed E-state index contributed by atoms with van der Waals surface area (Å²) in [5, 5.41) is 14.7. The summed E-state index contributed by atoms with van der Waals surface area (Å²) in [7, 11) is 0. The first kappa shape index (κ1) is 27.6. The molecule has 2 atom stereocenters. The molecule has 0 spiro atoms. The summed E-state index contributed by atoms with van der Waals surface area (Å²) in [6.07, 6.45) is 11.0. The van der Waals surface area contributed by atoms with Gasteiger partial charge in [-0.05, 0) is 81.8 Å². The normalized spacial score (nSPS) is 23.4. The Morgan fingerprint density at radius 1 is 1.15 bits per heavy atom. The fourth-order valence-corrected chi connectivity index (χ4v) is 7.87. The highest BCUT2D eigenvalue weighted by molar-refractivity contribution is 7.22. The number of anilines is 1. The molecule has 216 valence electrons. The van der Waals surface area contributed by atoms with E-state index >= 15 is 0 Å². The van der Waals surface area contributed by atoms with E-state index in [2.05, 4.69) is 35.8 Å². The molecular formula is C31H40FN3O4S. The summed E-state index contributed by atoms with van der Waals surface area (Å²) in [6, 6.07) is 3.16. The molecule has 2 saturated carbocycles. The summed E-state index contributed by atoms with van der Waals surface area (Å²) >= 11 is 1.38. The van der Waals surface area contributed by atoms with Gasteiger partial charge in [-0.2, -0.15) is 0 Å². The Morgan fingerprint density at radius 3 is 2.60 bits per heavy atom. The molecule has 6 rings (SSSR count). The Labute approximate surface area is 239 Å². The van der Waals surface area contributed by atoms with E-state index < -0.39 is 11.8 Å².